The number of nitrogens with zero attached hydrogens (tertiary/aromatic N) is 7. The number of nitrogens with one attached hydrogen (secondary N) is 1. The van der Waals surface area contributed by atoms with E-state index in [0.29, 0.717) is 55.7 Å². The number of hydrogen-bond acceptors (Lipinski definition) is 8. The number of hydrogen-bond donors (Lipinski definition) is 1. The molecule has 11 nitrogen and oxygen atoms in total. The summed E-state index contributed by atoms with van der Waals surface area (Å²) in [6.07, 6.45) is 7.53. The van der Waals surface area contributed by atoms with Gasteiger partial charge in [0.2, 0.25) is 0 Å². The fourth-order valence-corrected chi connectivity index (χ4v) is 10.4. The van der Waals surface area contributed by atoms with Crippen LogP contribution in [0.4, 0.5) is 26.3 Å². The van der Waals surface area contributed by atoms with Crippen molar-refractivity contribution in [1.29, 1.82) is 5.26 Å². The third kappa shape index (κ3) is 10.4. The quantitative estimate of drug-likeness (QED) is 0.0862. The second-order valence-electron chi connectivity index (χ2n) is 13.1. The summed E-state index contributed by atoms with van der Waals surface area (Å²) >= 11 is 24.9. The predicted octanol–water partition coefficient (Wildman–Crippen LogP) is 12.9. The van der Waals surface area contributed by atoms with Gasteiger partial charge in [-0.3, -0.25) is 4.79 Å². The summed E-state index contributed by atoms with van der Waals surface area (Å²) in [5, 5.41) is 20.9. The zero-order valence-electron chi connectivity index (χ0n) is 31.4. The molecule has 0 aliphatic heterocycles. The van der Waals surface area contributed by atoms with Crippen molar-refractivity contribution in [1.82, 2.24) is 34.0 Å². The molecule has 326 valence electrons. The molecule has 1 saturated carbocycles. The van der Waals surface area contributed by atoms with Crippen molar-refractivity contribution in [3.05, 3.63) is 100 Å². The molecule has 1 aliphatic rings. The molecule has 7 rings (SSSR count). The van der Waals surface area contributed by atoms with Gasteiger partial charge < -0.3 is 19.2 Å². The Morgan fingerprint density at radius 2 is 1.18 bits per heavy atom. The second kappa shape index (κ2) is 18.6. The van der Waals surface area contributed by atoms with Crippen molar-refractivity contribution in [2.75, 3.05) is 7.11 Å². The van der Waals surface area contributed by atoms with Crippen LogP contribution < -0.4 is 5.32 Å². The van der Waals surface area contributed by atoms with E-state index in [1.165, 1.54) is 52.1 Å². The summed E-state index contributed by atoms with van der Waals surface area (Å²) in [4.78, 5) is 24.5. The normalized spacial score (nSPS) is 13.3. The minimum absolute atomic E-state index is 0.0177. The Hall–Kier alpha value is -3.37. The number of ether oxygens (including phenoxy) is 1. The highest BCUT2D eigenvalue weighted by molar-refractivity contribution is 9.13. The van der Waals surface area contributed by atoms with Crippen LogP contribution in [0.25, 0.3) is 33.9 Å². The minimum atomic E-state index is -4.45. The van der Waals surface area contributed by atoms with Gasteiger partial charge in [0.15, 0.2) is 0 Å². The van der Waals surface area contributed by atoms with E-state index in [2.05, 4.69) is 85.3 Å². The highest BCUT2D eigenvalue weighted by Crippen LogP contribution is 2.48. The Bertz CT molecular complexity index is 2780. The van der Waals surface area contributed by atoms with E-state index in [1.54, 1.807) is 48.8 Å². The molecule has 0 bridgehead atoms. The van der Waals surface area contributed by atoms with Gasteiger partial charge in [0.25, 0.3) is 5.91 Å². The van der Waals surface area contributed by atoms with E-state index in [9.17, 15) is 41.2 Å². The van der Waals surface area contributed by atoms with E-state index < -0.39 is 28.4 Å². The van der Waals surface area contributed by atoms with E-state index in [4.69, 9.17) is 27.9 Å². The van der Waals surface area contributed by atoms with Crippen molar-refractivity contribution in [3.63, 3.8) is 0 Å². The summed E-state index contributed by atoms with van der Waals surface area (Å²) in [5.41, 5.74) is -6.76. The van der Waals surface area contributed by atoms with Crippen molar-refractivity contribution in [2.45, 2.75) is 39.4 Å². The molecule has 0 spiro atoms. The number of esters is 1. The Morgan fingerprint density at radius 3 is 1.56 bits per heavy atom. The molecule has 0 unspecified atom stereocenters. The molecule has 25 heteroatoms. The number of aromatic nitrogens is 6. The average molecular weight is 1200 g/mol. The molecular weight excluding hydrogens is 1170 g/mol. The highest BCUT2D eigenvalue weighted by atomic mass is 79.9. The lowest BCUT2D eigenvalue weighted by atomic mass is 10.1. The number of halogens is 12. The zero-order valence-corrected chi connectivity index (χ0v) is 40.9. The van der Waals surface area contributed by atoms with Gasteiger partial charge in [0, 0.05) is 61.1 Å². The fourth-order valence-electron chi connectivity index (χ4n) is 5.82. The first-order valence-corrected chi connectivity index (χ1v) is 22.6. The van der Waals surface area contributed by atoms with Crippen LogP contribution >= 0.6 is 110 Å². The van der Waals surface area contributed by atoms with E-state index >= 15 is 0 Å². The predicted molar refractivity (Wildman–Crippen MR) is 237 cm³/mol. The van der Waals surface area contributed by atoms with E-state index in [0.717, 1.165) is 0 Å². The van der Waals surface area contributed by atoms with Gasteiger partial charge in [0.1, 0.15) is 27.2 Å². The van der Waals surface area contributed by atoms with Crippen LogP contribution in [0.5, 0.6) is 0 Å². The summed E-state index contributed by atoms with van der Waals surface area (Å²) in [7, 11) is 4.27. The van der Waals surface area contributed by atoms with Gasteiger partial charge in [0.05, 0.1) is 64.6 Å². The first-order chi connectivity index (χ1) is 29.0. The first-order valence-electron chi connectivity index (χ1n) is 17.1. The summed E-state index contributed by atoms with van der Waals surface area (Å²) in [6.45, 7) is 0. The molecular formula is C37H24Br4Cl2F6N8O3S2. The van der Waals surface area contributed by atoms with Crippen molar-refractivity contribution < 1.29 is 40.7 Å². The summed E-state index contributed by atoms with van der Waals surface area (Å²) < 4.78 is 89.2. The number of thioether (sulfide) groups is 2. The monoisotopic (exact) mass is 1190 g/mol. The van der Waals surface area contributed by atoms with Crippen LogP contribution in [0.3, 0.4) is 0 Å². The molecule has 62 heavy (non-hydrogen) atoms. The molecule has 1 amide bonds. The maximum atomic E-state index is 13.0. The SMILES string of the molecule is COC(=O)c1cc(-c2cnn(-c3c(Br)c(Br)c(SC(F)(F)F)n3C)c2)ccc1Cl.Cn1c(SC(F)(F)F)c(Br)c(Br)c1-n1cc(-c2ccc(Cl)c(C(=O)NC3(C#N)CC3)c2)cn1. The molecule has 6 aromatic rings. The lowest BCUT2D eigenvalue weighted by Gasteiger charge is -2.11. The van der Waals surface area contributed by atoms with Gasteiger partial charge in [-0.05, 0) is 112 Å². The third-order valence-corrected chi connectivity index (χ3v) is 16.1. The van der Waals surface area contributed by atoms with E-state index in [-0.39, 0.29) is 63.7 Å². The lowest BCUT2D eigenvalue weighted by molar-refractivity contribution is -0.0339. The Morgan fingerprint density at radius 1 is 0.758 bits per heavy atom. The van der Waals surface area contributed by atoms with E-state index in [1.807, 2.05) is 0 Å². The van der Waals surface area contributed by atoms with Crippen LogP contribution in [0.15, 0.2) is 89.1 Å². The first kappa shape index (κ1) is 48.1. The number of benzene rings is 2. The number of methoxy groups -OCH3 is 1. The van der Waals surface area contributed by atoms with Gasteiger partial charge in [-0.15, -0.1) is 0 Å². The third-order valence-electron chi connectivity index (χ3n) is 8.99. The maximum absolute atomic E-state index is 13.0. The number of carbonyl (C=O) groups is 2. The number of rotatable bonds is 9. The highest BCUT2D eigenvalue weighted by Gasteiger charge is 2.45. The van der Waals surface area contributed by atoms with Gasteiger partial charge >= 0.3 is 17.0 Å². The number of carbonyl (C=O) groups excluding carboxylic acids is 2. The molecule has 0 saturated heterocycles. The summed E-state index contributed by atoms with van der Waals surface area (Å²) in [6, 6.07) is 11.8. The molecule has 4 aromatic heterocycles. The van der Waals surface area contributed by atoms with Crippen LogP contribution in [0.1, 0.15) is 33.6 Å². The van der Waals surface area contributed by atoms with Crippen LogP contribution in [0.2, 0.25) is 10.0 Å². The molecule has 0 atom stereocenters. The Kier molecular flexibility index (Phi) is 14.4. The Labute approximate surface area is 399 Å². The fraction of sp³-hybridized carbons (Fsp3) is 0.216. The molecule has 1 fully saturated rings. The van der Waals surface area contributed by atoms with Crippen LogP contribution in [-0.4, -0.2) is 64.2 Å². The number of amides is 1. The maximum Gasteiger partial charge on any atom is 0.447 e. The number of nitriles is 1. The number of alkyl halides is 6. The van der Waals surface area contributed by atoms with Crippen LogP contribution in [0, 0.1) is 11.3 Å². The smallest absolute Gasteiger partial charge is 0.447 e. The van der Waals surface area contributed by atoms with Gasteiger partial charge in [-0.2, -0.15) is 41.8 Å². The minimum Gasteiger partial charge on any atom is -0.465 e. The molecule has 0 radical (unpaired) electrons. The molecule has 1 aliphatic carbocycles. The molecule has 2 aromatic carbocycles. The topological polar surface area (TPSA) is 125 Å². The van der Waals surface area contributed by atoms with Gasteiger partial charge in [-0.1, -0.05) is 35.3 Å². The van der Waals surface area contributed by atoms with Crippen molar-refractivity contribution in [2.24, 2.45) is 14.1 Å². The second-order valence-corrected chi connectivity index (χ2v) is 19.2. The van der Waals surface area contributed by atoms with Crippen LogP contribution in [-0.2, 0) is 18.8 Å². The van der Waals surface area contributed by atoms with Crippen molar-refractivity contribution >= 4 is 122 Å². The lowest BCUT2D eigenvalue weighted by Crippen LogP contribution is -2.35. The largest absolute Gasteiger partial charge is 0.465 e. The summed E-state index contributed by atoms with van der Waals surface area (Å²) in [5.74, 6) is -0.239. The Balaban J connectivity index is 0.000000209. The zero-order chi connectivity index (χ0) is 45.6. The standard InChI is InChI=1S/C20H13Br2ClF3N5OS.C17H11Br2ClF3N3O2S/c1-30-17(14(21)15(22)18(30)33-20(24,25)26)31-8-11(7-28-31)10-2-3-13(23)12(6-10)16(32)29-19(9-27)4-5-19;1-25-14(12(18)13(19)15(25)29-17(21,22)23)26-7-9(6-24-26)8-3-4-11(20)10(5-8)16(27)28-2/h2-3,6-8H,4-5H2,1H3,(H,29,32);3-7H,1-2H3. The average Bonchev–Trinajstić information content (AvgIpc) is 3.44. The van der Waals surface area contributed by atoms with Crippen molar-refractivity contribution in [3.8, 4) is 40.0 Å². The molecule has 1 N–H and O–H groups in total. The van der Waals surface area contributed by atoms with Gasteiger partial charge in [-0.25, -0.2) is 14.2 Å². The molecule has 4 heterocycles.